The van der Waals surface area contributed by atoms with Crippen molar-refractivity contribution in [3.8, 4) is 0 Å². The van der Waals surface area contributed by atoms with Gasteiger partial charge in [-0.05, 0) is 25.5 Å². The molecule has 0 aromatic heterocycles. The van der Waals surface area contributed by atoms with Crippen LogP contribution in [-0.4, -0.2) is 12.5 Å². The summed E-state index contributed by atoms with van der Waals surface area (Å²) < 4.78 is 0. The molecule has 0 radical (unpaired) electrons. The number of amides is 1. The van der Waals surface area contributed by atoms with Gasteiger partial charge in [0.25, 0.3) is 0 Å². The van der Waals surface area contributed by atoms with E-state index in [1.165, 1.54) is 5.56 Å². The first-order valence-corrected chi connectivity index (χ1v) is 5.72. The summed E-state index contributed by atoms with van der Waals surface area (Å²) in [7, 11) is 0. The molecule has 1 aliphatic rings. The largest absolute Gasteiger partial charge is 0.324 e. The Morgan fingerprint density at radius 2 is 2.19 bits per heavy atom. The zero-order chi connectivity index (χ0) is 11.7. The lowest BCUT2D eigenvalue weighted by Crippen LogP contribution is -2.30. The number of rotatable bonds is 3. The van der Waals surface area contributed by atoms with Gasteiger partial charge in [-0.25, -0.2) is 0 Å². The van der Waals surface area contributed by atoms with Gasteiger partial charge >= 0.3 is 0 Å². The number of anilines is 1. The van der Waals surface area contributed by atoms with Gasteiger partial charge < -0.3 is 10.6 Å². The molecule has 1 heterocycles. The minimum absolute atomic E-state index is 0.0567. The predicted molar refractivity (Wildman–Crippen MR) is 65.4 cm³/mol. The van der Waals surface area contributed by atoms with Crippen molar-refractivity contribution in [1.29, 1.82) is 0 Å². The van der Waals surface area contributed by atoms with Crippen molar-refractivity contribution < 1.29 is 4.79 Å². The fourth-order valence-electron chi connectivity index (χ4n) is 1.94. The molecule has 16 heavy (non-hydrogen) atoms. The molecule has 1 atom stereocenters. The Morgan fingerprint density at radius 1 is 1.44 bits per heavy atom. The highest BCUT2D eigenvalue weighted by Crippen LogP contribution is 2.31. The molecule has 1 aliphatic heterocycles. The first-order chi connectivity index (χ1) is 7.58. The first-order valence-electron chi connectivity index (χ1n) is 5.72. The van der Waals surface area contributed by atoms with Gasteiger partial charge in [0, 0.05) is 11.3 Å². The van der Waals surface area contributed by atoms with Crippen LogP contribution in [0.3, 0.4) is 0 Å². The average Bonchev–Trinajstić information content (AvgIpc) is 2.51. The normalized spacial score (nSPS) is 18.8. The van der Waals surface area contributed by atoms with Gasteiger partial charge in [0.15, 0.2) is 0 Å². The number of aryl methyl sites for hydroxylation is 1. The van der Waals surface area contributed by atoms with Crippen LogP contribution >= 0.6 is 0 Å². The van der Waals surface area contributed by atoms with Gasteiger partial charge in [-0.2, -0.15) is 0 Å². The van der Waals surface area contributed by atoms with E-state index in [9.17, 15) is 4.79 Å². The molecule has 1 aromatic rings. The van der Waals surface area contributed by atoms with Gasteiger partial charge in [-0.15, -0.1) is 0 Å². The molecule has 0 saturated carbocycles. The Hall–Kier alpha value is -1.35. The lowest BCUT2D eigenvalue weighted by atomic mass is 10.0. The van der Waals surface area contributed by atoms with Crippen molar-refractivity contribution in [2.45, 2.75) is 26.8 Å². The second kappa shape index (κ2) is 4.26. The van der Waals surface area contributed by atoms with Crippen LogP contribution < -0.4 is 10.6 Å². The van der Waals surface area contributed by atoms with E-state index in [4.69, 9.17) is 0 Å². The van der Waals surface area contributed by atoms with E-state index in [0.29, 0.717) is 5.92 Å². The van der Waals surface area contributed by atoms with Crippen molar-refractivity contribution in [2.75, 3.05) is 11.9 Å². The van der Waals surface area contributed by atoms with E-state index in [0.717, 1.165) is 17.8 Å². The summed E-state index contributed by atoms with van der Waals surface area (Å²) in [5.74, 6) is 0.600. The van der Waals surface area contributed by atoms with Crippen molar-refractivity contribution in [1.82, 2.24) is 5.32 Å². The fraction of sp³-hybridized carbons (Fsp3) is 0.462. The van der Waals surface area contributed by atoms with Crippen LogP contribution in [0.1, 0.15) is 31.0 Å². The van der Waals surface area contributed by atoms with Crippen LogP contribution in [0, 0.1) is 12.8 Å². The van der Waals surface area contributed by atoms with E-state index in [2.05, 4.69) is 30.5 Å². The molecule has 0 saturated heterocycles. The molecule has 1 amide bonds. The van der Waals surface area contributed by atoms with Crippen LogP contribution in [0.2, 0.25) is 0 Å². The van der Waals surface area contributed by atoms with Gasteiger partial charge in [0.1, 0.15) is 6.04 Å². The molecule has 1 unspecified atom stereocenters. The predicted octanol–water partition coefficient (Wildman–Crippen LogP) is 2.23. The number of carbonyl (C=O) groups is 1. The van der Waals surface area contributed by atoms with E-state index in [-0.39, 0.29) is 11.9 Å². The zero-order valence-corrected chi connectivity index (χ0v) is 10.0. The van der Waals surface area contributed by atoms with Crippen molar-refractivity contribution >= 4 is 11.6 Å². The maximum absolute atomic E-state index is 11.8. The minimum atomic E-state index is -0.183. The summed E-state index contributed by atoms with van der Waals surface area (Å²) in [5, 5.41) is 6.20. The van der Waals surface area contributed by atoms with Gasteiger partial charge in [0.2, 0.25) is 5.91 Å². The number of hydrogen-bond donors (Lipinski definition) is 2. The van der Waals surface area contributed by atoms with Crippen LogP contribution in [0.5, 0.6) is 0 Å². The third-order valence-electron chi connectivity index (χ3n) is 2.77. The molecular formula is C13H18N2O. The van der Waals surface area contributed by atoms with E-state index >= 15 is 0 Å². The third kappa shape index (κ3) is 2.09. The topological polar surface area (TPSA) is 41.1 Å². The third-order valence-corrected chi connectivity index (χ3v) is 2.77. The Labute approximate surface area is 96.2 Å². The van der Waals surface area contributed by atoms with Gasteiger partial charge in [0.05, 0.1) is 0 Å². The van der Waals surface area contributed by atoms with E-state index in [1.54, 1.807) is 0 Å². The first kappa shape index (κ1) is 11.1. The van der Waals surface area contributed by atoms with Gasteiger partial charge in [-0.3, -0.25) is 4.79 Å². The highest BCUT2D eigenvalue weighted by Gasteiger charge is 2.29. The second-order valence-corrected chi connectivity index (χ2v) is 4.82. The van der Waals surface area contributed by atoms with Crippen LogP contribution in [0.4, 0.5) is 5.69 Å². The number of nitrogens with one attached hydrogen (secondary N) is 2. The summed E-state index contributed by atoms with van der Waals surface area (Å²) in [6.07, 6.45) is 0. The summed E-state index contributed by atoms with van der Waals surface area (Å²) in [5.41, 5.74) is 3.20. The number of fused-ring (bicyclic) bond motifs is 1. The second-order valence-electron chi connectivity index (χ2n) is 4.82. The zero-order valence-electron chi connectivity index (χ0n) is 10.0. The molecule has 2 rings (SSSR count). The lowest BCUT2D eigenvalue weighted by molar-refractivity contribution is -0.117. The maximum atomic E-state index is 11.8. The molecule has 2 N–H and O–H groups in total. The van der Waals surface area contributed by atoms with E-state index < -0.39 is 0 Å². The smallest absolute Gasteiger partial charge is 0.246 e. The Morgan fingerprint density at radius 3 is 2.88 bits per heavy atom. The van der Waals surface area contributed by atoms with Crippen molar-refractivity contribution in [3.63, 3.8) is 0 Å². The summed E-state index contributed by atoms with van der Waals surface area (Å²) in [4.78, 5) is 11.8. The summed E-state index contributed by atoms with van der Waals surface area (Å²) >= 11 is 0. The van der Waals surface area contributed by atoms with Crippen LogP contribution in [0.15, 0.2) is 18.2 Å². The summed E-state index contributed by atoms with van der Waals surface area (Å²) in [6, 6.07) is 5.88. The molecule has 0 aliphatic carbocycles. The summed E-state index contributed by atoms with van der Waals surface area (Å²) in [6.45, 7) is 7.17. The molecule has 0 spiro atoms. The molecule has 0 bridgehead atoms. The maximum Gasteiger partial charge on any atom is 0.246 e. The molecular weight excluding hydrogens is 200 g/mol. The SMILES string of the molecule is Cc1ccc2c(c1)C(NCC(C)C)C(=O)N2. The Balaban J connectivity index is 2.21. The highest BCUT2D eigenvalue weighted by molar-refractivity contribution is 6.02. The van der Waals surface area contributed by atoms with Crippen LogP contribution in [-0.2, 0) is 4.79 Å². The number of benzene rings is 1. The quantitative estimate of drug-likeness (QED) is 0.817. The number of hydrogen-bond acceptors (Lipinski definition) is 2. The lowest BCUT2D eigenvalue weighted by Gasteiger charge is -2.13. The van der Waals surface area contributed by atoms with Crippen molar-refractivity contribution in [2.24, 2.45) is 5.92 Å². The standard InChI is InChI=1S/C13H18N2O/c1-8(2)7-14-12-10-6-9(3)4-5-11(10)15-13(12)16/h4-6,8,12,14H,7H2,1-3H3,(H,15,16). The molecule has 1 aromatic carbocycles. The average molecular weight is 218 g/mol. The van der Waals surface area contributed by atoms with E-state index in [1.807, 2.05) is 19.1 Å². The van der Waals surface area contributed by atoms with Crippen molar-refractivity contribution in [3.05, 3.63) is 29.3 Å². The highest BCUT2D eigenvalue weighted by atomic mass is 16.2. The number of carbonyl (C=O) groups excluding carboxylic acids is 1. The molecule has 3 nitrogen and oxygen atoms in total. The molecule has 86 valence electrons. The van der Waals surface area contributed by atoms with Crippen LogP contribution in [0.25, 0.3) is 0 Å². The Bertz CT molecular complexity index is 412. The monoisotopic (exact) mass is 218 g/mol. The fourth-order valence-corrected chi connectivity index (χ4v) is 1.94. The Kier molecular flexibility index (Phi) is 2.97. The minimum Gasteiger partial charge on any atom is -0.324 e. The molecule has 3 heteroatoms. The molecule has 0 fully saturated rings. The van der Waals surface area contributed by atoms with Gasteiger partial charge in [-0.1, -0.05) is 31.5 Å².